The van der Waals surface area contributed by atoms with Crippen LogP contribution in [0.2, 0.25) is 0 Å². The van der Waals surface area contributed by atoms with Crippen LogP contribution >= 0.6 is 0 Å². The largest absolute Gasteiger partial charge is 0.453 e. The van der Waals surface area contributed by atoms with Crippen molar-refractivity contribution >= 4 is 17.6 Å². The molecule has 1 amide bonds. The maximum atomic E-state index is 11.6. The van der Waals surface area contributed by atoms with Crippen LogP contribution < -0.4 is 11.1 Å². The number of benzene rings is 1. The molecule has 0 aromatic heterocycles. The van der Waals surface area contributed by atoms with Crippen molar-refractivity contribution in [3.05, 3.63) is 29.8 Å². The number of esters is 1. The van der Waals surface area contributed by atoms with Gasteiger partial charge >= 0.3 is 11.9 Å². The predicted molar refractivity (Wildman–Crippen MR) is 73.7 cm³/mol. The standard InChI is InChI=1S/C14H20N2O3/c1-14(2,3)19-13(18)12(17)16-11-6-4-10(5-7-11)8-9-15/h4-7H,8-9,15H2,1-3H3,(H,16,17). The summed E-state index contributed by atoms with van der Waals surface area (Å²) in [5.41, 5.74) is 6.40. The molecule has 0 spiro atoms. The molecule has 0 bridgehead atoms. The molecule has 0 saturated heterocycles. The second-order valence-corrected chi connectivity index (χ2v) is 5.19. The zero-order chi connectivity index (χ0) is 14.5. The van der Waals surface area contributed by atoms with Crippen LogP contribution in [0.1, 0.15) is 26.3 Å². The average molecular weight is 264 g/mol. The fourth-order valence-corrected chi connectivity index (χ4v) is 1.43. The lowest BCUT2D eigenvalue weighted by Gasteiger charge is -2.18. The Hall–Kier alpha value is -1.88. The fraction of sp³-hybridized carbons (Fsp3) is 0.429. The molecule has 0 atom stereocenters. The average Bonchev–Trinajstić information content (AvgIpc) is 2.29. The minimum atomic E-state index is -0.890. The van der Waals surface area contributed by atoms with E-state index >= 15 is 0 Å². The molecule has 0 aliphatic rings. The first-order valence-electron chi connectivity index (χ1n) is 6.15. The van der Waals surface area contributed by atoms with Crippen LogP contribution in [0.5, 0.6) is 0 Å². The second-order valence-electron chi connectivity index (χ2n) is 5.19. The van der Waals surface area contributed by atoms with Crippen molar-refractivity contribution in [1.82, 2.24) is 0 Å². The molecule has 0 fully saturated rings. The van der Waals surface area contributed by atoms with E-state index in [9.17, 15) is 9.59 Å². The molecule has 0 aliphatic carbocycles. The predicted octanol–water partition coefficient (Wildman–Crippen LogP) is 1.47. The third-order valence-corrected chi connectivity index (χ3v) is 2.23. The quantitative estimate of drug-likeness (QED) is 0.640. The van der Waals surface area contributed by atoms with E-state index in [1.165, 1.54) is 0 Å². The molecule has 1 rings (SSSR count). The summed E-state index contributed by atoms with van der Waals surface area (Å²) in [6, 6.07) is 7.18. The van der Waals surface area contributed by atoms with Gasteiger partial charge < -0.3 is 15.8 Å². The van der Waals surface area contributed by atoms with Crippen LogP contribution in [-0.4, -0.2) is 24.0 Å². The Bertz CT molecular complexity index is 447. The summed E-state index contributed by atoms with van der Waals surface area (Å²) >= 11 is 0. The summed E-state index contributed by atoms with van der Waals surface area (Å²) < 4.78 is 4.97. The SMILES string of the molecule is CC(C)(C)OC(=O)C(=O)Nc1ccc(CCN)cc1. The normalized spacial score (nSPS) is 10.9. The number of ether oxygens (including phenoxy) is 1. The van der Waals surface area contributed by atoms with E-state index in [0.29, 0.717) is 12.2 Å². The van der Waals surface area contributed by atoms with Gasteiger partial charge in [-0.3, -0.25) is 4.79 Å². The van der Waals surface area contributed by atoms with Gasteiger partial charge in [0.25, 0.3) is 0 Å². The fourth-order valence-electron chi connectivity index (χ4n) is 1.43. The van der Waals surface area contributed by atoms with Crippen molar-refractivity contribution in [2.24, 2.45) is 5.73 Å². The van der Waals surface area contributed by atoms with Crippen LogP contribution in [0.25, 0.3) is 0 Å². The Balaban J connectivity index is 2.59. The first-order valence-corrected chi connectivity index (χ1v) is 6.15. The Labute approximate surface area is 113 Å². The smallest absolute Gasteiger partial charge is 0.397 e. The Kier molecular flexibility index (Phi) is 5.06. The highest BCUT2D eigenvalue weighted by molar-refractivity contribution is 6.37. The summed E-state index contributed by atoms with van der Waals surface area (Å²) in [5.74, 6) is -1.67. The van der Waals surface area contributed by atoms with Crippen molar-refractivity contribution in [2.45, 2.75) is 32.8 Å². The zero-order valence-corrected chi connectivity index (χ0v) is 11.5. The topological polar surface area (TPSA) is 81.4 Å². The number of carbonyl (C=O) groups is 2. The number of hydrogen-bond donors (Lipinski definition) is 2. The first-order chi connectivity index (χ1) is 8.81. The van der Waals surface area contributed by atoms with Gasteiger partial charge in [-0.05, 0) is 51.4 Å². The number of carbonyl (C=O) groups excluding carboxylic acids is 2. The summed E-state index contributed by atoms with van der Waals surface area (Å²) in [6.07, 6.45) is 0.778. The molecule has 0 saturated carbocycles. The number of anilines is 1. The molecule has 19 heavy (non-hydrogen) atoms. The van der Waals surface area contributed by atoms with E-state index in [4.69, 9.17) is 10.5 Å². The maximum Gasteiger partial charge on any atom is 0.397 e. The van der Waals surface area contributed by atoms with E-state index in [1.807, 2.05) is 12.1 Å². The van der Waals surface area contributed by atoms with Crippen molar-refractivity contribution in [3.8, 4) is 0 Å². The van der Waals surface area contributed by atoms with Crippen LogP contribution in [0, 0.1) is 0 Å². The van der Waals surface area contributed by atoms with Gasteiger partial charge in [-0.15, -0.1) is 0 Å². The highest BCUT2D eigenvalue weighted by Gasteiger charge is 2.22. The van der Waals surface area contributed by atoms with Gasteiger partial charge in [0.15, 0.2) is 0 Å². The van der Waals surface area contributed by atoms with Gasteiger partial charge in [-0.25, -0.2) is 4.79 Å². The number of hydrogen-bond acceptors (Lipinski definition) is 4. The molecule has 0 aliphatic heterocycles. The third-order valence-electron chi connectivity index (χ3n) is 2.23. The van der Waals surface area contributed by atoms with E-state index in [-0.39, 0.29) is 0 Å². The van der Waals surface area contributed by atoms with Crippen molar-refractivity contribution in [2.75, 3.05) is 11.9 Å². The van der Waals surface area contributed by atoms with Gasteiger partial charge in [-0.2, -0.15) is 0 Å². The molecule has 1 aromatic rings. The number of nitrogens with one attached hydrogen (secondary N) is 1. The zero-order valence-electron chi connectivity index (χ0n) is 11.5. The van der Waals surface area contributed by atoms with Crippen LogP contribution in [-0.2, 0) is 20.7 Å². The molecule has 0 heterocycles. The van der Waals surface area contributed by atoms with E-state index < -0.39 is 17.5 Å². The maximum absolute atomic E-state index is 11.6. The lowest BCUT2D eigenvalue weighted by molar-refractivity contribution is -0.161. The highest BCUT2D eigenvalue weighted by Crippen LogP contribution is 2.11. The van der Waals surface area contributed by atoms with Crippen molar-refractivity contribution in [3.63, 3.8) is 0 Å². The third kappa shape index (κ3) is 5.52. The summed E-state index contributed by atoms with van der Waals surface area (Å²) in [6.45, 7) is 5.70. The van der Waals surface area contributed by atoms with Gasteiger partial charge in [0.05, 0.1) is 0 Å². The van der Waals surface area contributed by atoms with E-state index in [2.05, 4.69) is 5.32 Å². The van der Waals surface area contributed by atoms with Gasteiger partial charge in [0, 0.05) is 5.69 Å². The molecular weight excluding hydrogens is 244 g/mol. The van der Waals surface area contributed by atoms with Gasteiger partial charge in [0.2, 0.25) is 0 Å². The minimum Gasteiger partial charge on any atom is -0.453 e. The molecule has 1 aromatic carbocycles. The second kappa shape index (κ2) is 6.33. The molecule has 5 heteroatoms. The Morgan fingerprint density at radius 2 is 1.79 bits per heavy atom. The number of rotatable bonds is 3. The van der Waals surface area contributed by atoms with E-state index in [1.54, 1.807) is 32.9 Å². The monoisotopic (exact) mass is 264 g/mol. The van der Waals surface area contributed by atoms with Crippen molar-refractivity contribution in [1.29, 1.82) is 0 Å². The lowest BCUT2D eigenvalue weighted by Crippen LogP contribution is -2.32. The molecule has 0 radical (unpaired) electrons. The van der Waals surface area contributed by atoms with Gasteiger partial charge in [-0.1, -0.05) is 12.1 Å². The van der Waals surface area contributed by atoms with Crippen LogP contribution in [0.4, 0.5) is 5.69 Å². The minimum absolute atomic E-state index is 0.552. The molecular formula is C14H20N2O3. The highest BCUT2D eigenvalue weighted by atomic mass is 16.6. The van der Waals surface area contributed by atoms with E-state index in [0.717, 1.165) is 12.0 Å². The number of nitrogens with two attached hydrogens (primary N) is 1. The first kappa shape index (κ1) is 15.2. The summed E-state index contributed by atoms with van der Waals surface area (Å²) in [7, 11) is 0. The van der Waals surface area contributed by atoms with Crippen LogP contribution in [0.3, 0.4) is 0 Å². The van der Waals surface area contributed by atoms with Crippen LogP contribution in [0.15, 0.2) is 24.3 Å². The van der Waals surface area contributed by atoms with Gasteiger partial charge in [0.1, 0.15) is 5.60 Å². The van der Waals surface area contributed by atoms with Crippen molar-refractivity contribution < 1.29 is 14.3 Å². The Morgan fingerprint density at radius 1 is 1.21 bits per heavy atom. The molecule has 104 valence electrons. The molecule has 0 unspecified atom stereocenters. The molecule has 5 nitrogen and oxygen atoms in total. The summed E-state index contributed by atoms with van der Waals surface area (Å²) in [5, 5.41) is 2.49. The number of amides is 1. The Morgan fingerprint density at radius 3 is 2.26 bits per heavy atom. The summed E-state index contributed by atoms with van der Waals surface area (Å²) in [4.78, 5) is 23.1. The molecule has 3 N–H and O–H groups in total. The lowest BCUT2D eigenvalue weighted by atomic mass is 10.1.